The van der Waals surface area contributed by atoms with Gasteiger partial charge in [-0.25, -0.2) is 0 Å². The van der Waals surface area contributed by atoms with Crippen molar-refractivity contribution < 1.29 is 14.3 Å². The number of piperidine rings is 1. The minimum absolute atomic E-state index is 0.184. The van der Waals surface area contributed by atoms with E-state index in [2.05, 4.69) is 11.9 Å². The molecule has 0 aromatic heterocycles. The predicted molar refractivity (Wildman–Crippen MR) is 91.6 cm³/mol. The molecule has 1 fully saturated rings. The predicted octanol–water partition coefficient (Wildman–Crippen LogP) is 3.66. The fraction of sp³-hybridized carbons (Fsp3) is 0.611. The Hall–Kier alpha value is -1.10. The van der Waals surface area contributed by atoms with Crippen molar-refractivity contribution in [1.82, 2.24) is 4.90 Å². The van der Waals surface area contributed by atoms with E-state index in [1.165, 1.54) is 6.92 Å². The van der Waals surface area contributed by atoms with E-state index in [-0.39, 0.29) is 11.6 Å². The molecule has 0 spiro atoms. The lowest BCUT2D eigenvalue weighted by atomic mass is 9.87. The Kier molecular flexibility index (Phi) is 6.88. The number of halogens is 1. The lowest BCUT2D eigenvalue weighted by Crippen LogP contribution is -2.45. The molecule has 1 aromatic carbocycles. The smallest absolute Gasteiger partial charge is 0.303 e. The van der Waals surface area contributed by atoms with Crippen molar-refractivity contribution in [3.8, 4) is 0 Å². The summed E-state index contributed by atoms with van der Waals surface area (Å²) in [6.07, 6.45) is 3.56. The molecule has 0 bridgehead atoms. The third-order valence-corrected chi connectivity index (χ3v) is 4.61. The lowest BCUT2D eigenvalue weighted by Gasteiger charge is -2.40. The van der Waals surface area contributed by atoms with Crippen LogP contribution < -0.4 is 0 Å². The highest BCUT2D eigenvalue weighted by Crippen LogP contribution is 2.31. The van der Waals surface area contributed by atoms with Gasteiger partial charge in [-0.2, -0.15) is 0 Å². The topological polar surface area (TPSA) is 38.8 Å². The molecule has 0 radical (unpaired) electrons. The van der Waals surface area contributed by atoms with Gasteiger partial charge in [-0.1, -0.05) is 23.7 Å². The van der Waals surface area contributed by atoms with Gasteiger partial charge < -0.3 is 14.4 Å². The van der Waals surface area contributed by atoms with Crippen LogP contribution in [-0.2, 0) is 20.9 Å². The zero-order valence-electron chi connectivity index (χ0n) is 14.0. The Labute approximate surface area is 143 Å². The Balaban J connectivity index is 1.73. The SMILES string of the molecule is CC(=O)OC1(CCCOCc2ccc(Cl)cc2)CCN(C)CC1. The van der Waals surface area contributed by atoms with Crippen molar-refractivity contribution in [2.75, 3.05) is 26.7 Å². The molecule has 1 aliphatic rings. The van der Waals surface area contributed by atoms with E-state index in [0.29, 0.717) is 13.2 Å². The van der Waals surface area contributed by atoms with Crippen LogP contribution in [0.15, 0.2) is 24.3 Å². The van der Waals surface area contributed by atoms with Crippen LogP contribution in [0.5, 0.6) is 0 Å². The van der Waals surface area contributed by atoms with E-state index in [9.17, 15) is 4.79 Å². The summed E-state index contributed by atoms with van der Waals surface area (Å²) in [6, 6.07) is 7.68. The molecule has 2 rings (SSSR count). The summed E-state index contributed by atoms with van der Waals surface area (Å²) in [5.41, 5.74) is 0.811. The van der Waals surface area contributed by atoms with Crippen molar-refractivity contribution >= 4 is 17.6 Å². The Bertz CT molecular complexity index is 495. The number of carbonyl (C=O) groups excluding carboxylic acids is 1. The van der Waals surface area contributed by atoms with Gasteiger partial charge in [-0.05, 0) is 50.4 Å². The van der Waals surface area contributed by atoms with Crippen LogP contribution in [0.3, 0.4) is 0 Å². The first-order valence-electron chi connectivity index (χ1n) is 8.19. The first-order chi connectivity index (χ1) is 11.0. The maximum absolute atomic E-state index is 11.4. The number of ether oxygens (including phenoxy) is 2. The van der Waals surface area contributed by atoms with Gasteiger partial charge in [0.05, 0.1) is 6.61 Å². The number of likely N-dealkylation sites (tertiary alicyclic amines) is 1. The number of rotatable bonds is 7. The van der Waals surface area contributed by atoms with E-state index >= 15 is 0 Å². The van der Waals surface area contributed by atoms with Crippen molar-refractivity contribution in [1.29, 1.82) is 0 Å². The molecule has 0 amide bonds. The van der Waals surface area contributed by atoms with E-state index in [1.807, 2.05) is 24.3 Å². The fourth-order valence-corrected chi connectivity index (χ4v) is 3.13. The minimum Gasteiger partial charge on any atom is -0.459 e. The molecule has 4 nitrogen and oxygen atoms in total. The summed E-state index contributed by atoms with van der Waals surface area (Å²) in [4.78, 5) is 13.7. The highest BCUT2D eigenvalue weighted by atomic mass is 35.5. The summed E-state index contributed by atoms with van der Waals surface area (Å²) in [6.45, 7) is 4.69. The van der Waals surface area contributed by atoms with Crippen LogP contribution in [-0.4, -0.2) is 43.2 Å². The molecule has 1 aromatic rings. The van der Waals surface area contributed by atoms with Gasteiger partial charge in [-0.3, -0.25) is 4.79 Å². The van der Waals surface area contributed by atoms with Gasteiger partial charge in [0, 0.05) is 31.6 Å². The van der Waals surface area contributed by atoms with Gasteiger partial charge in [0.2, 0.25) is 0 Å². The maximum Gasteiger partial charge on any atom is 0.303 e. The summed E-state index contributed by atoms with van der Waals surface area (Å²) in [5, 5.41) is 0.735. The first-order valence-corrected chi connectivity index (χ1v) is 8.57. The van der Waals surface area contributed by atoms with Crippen LogP contribution in [0.2, 0.25) is 5.02 Å². The highest BCUT2D eigenvalue weighted by Gasteiger charge is 2.36. The van der Waals surface area contributed by atoms with Crippen molar-refractivity contribution in [2.45, 2.75) is 44.8 Å². The maximum atomic E-state index is 11.4. The molecule has 0 unspecified atom stereocenters. The van der Waals surface area contributed by atoms with Gasteiger partial charge in [-0.15, -0.1) is 0 Å². The van der Waals surface area contributed by atoms with Crippen molar-refractivity contribution in [3.63, 3.8) is 0 Å². The summed E-state index contributed by atoms with van der Waals surface area (Å²) < 4.78 is 11.4. The minimum atomic E-state index is -0.304. The Morgan fingerprint density at radius 2 is 1.91 bits per heavy atom. The molecule has 0 atom stereocenters. The van der Waals surface area contributed by atoms with Crippen LogP contribution in [0.25, 0.3) is 0 Å². The van der Waals surface area contributed by atoms with E-state index in [0.717, 1.165) is 49.4 Å². The summed E-state index contributed by atoms with van der Waals surface area (Å²) in [5.74, 6) is -0.184. The second-order valence-corrected chi connectivity index (χ2v) is 6.80. The molecule has 1 saturated heterocycles. The molecule has 5 heteroatoms. The summed E-state index contributed by atoms with van der Waals surface area (Å²) in [7, 11) is 2.10. The quantitative estimate of drug-likeness (QED) is 0.561. The normalized spacial score (nSPS) is 17.9. The molecule has 1 heterocycles. The lowest BCUT2D eigenvalue weighted by molar-refractivity contribution is -0.163. The highest BCUT2D eigenvalue weighted by molar-refractivity contribution is 6.30. The number of benzene rings is 1. The largest absolute Gasteiger partial charge is 0.459 e. The monoisotopic (exact) mass is 339 g/mol. The number of hydrogen-bond donors (Lipinski definition) is 0. The average Bonchev–Trinajstić information content (AvgIpc) is 2.51. The van der Waals surface area contributed by atoms with E-state index < -0.39 is 0 Å². The standard InChI is InChI=1S/C18H26ClNO3/c1-15(21)23-18(9-11-20(2)12-10-18)8-3-13-22-14-16-4-6-17(19)7-5-16/h4-7H,3,8-14H2,1-2H3. The van der Waals surface area contributed by atoms with Crippen molar-refractivity contribution in [3.05, 3.63) is 34.9 Å². The third-order valence-electron chi connectivity index (χ3n) is 4.36. The first kappa shape index (κ1) is 18.2. The second kappa shape index (κ2) is 8.67. The zero-order valence-corrected chi connectivity index (χ0v) is 14.8. The number of nitrogens with zero attached hydrogens (tertiary/aromatic N) is 1. The van der Waals surface area contributed by atoms with E-state index in [4.69, 9.17) is 21.1 Å². The van der Waals surface area contributed by atoms with Gasteiger partial charge in [0.25, 0.3) is 0 Å². The fourth-order valence-electron chi connectivity index (χ4n) is 3.00. The van der Waals surface area contributed by atoms with Crippen LogP contribution in [0.4, 0.5) is 0 Å². The Morgan fingerprint density at radius 1 is 1.26 bits per heavy atom. The zero-order chi connectivity index (χ0) is 16.7. The third kappa shape index (κ3) is 6.13. The second-order valence-electron chi connectivity index (χ2n) is 6.36. The molecule has 1 aliphatic heterocycles. The molecule has 0 N–H and O–H groups in total. The molecule has 0 aliphatic carbocycles. The number of esters is 1. The molecule has 23 heavy (non-hydrogen) atoms. The van der Waals surface area contributed by atoms with E-state index in [1.54, 1.807) is 0 Å². The molecule has 0 saturated carbocycles. The molecular weight excluding hydrogens is 314 g/mol. The average molecular weight is 340 g/mol. The van der Waals surface area contributed by atoms with Gasteiger partial charge in [0.15, 0.2) is 0 Å². The molecular formula is C18H26ClNO3. The van der Waals surface area contributed by atoms with Crippen LogP contribution in [0, 0.1) is 0 Å². The van der Waals surface area contributed by atoms with Crippen molar-refractivity contribution in [2.24, 2.45) is 0 Å². The van der Waals surface area contributed by atoms with Gasteiger partial charge >= 0.3 is 5.97 Å². The van der Waals surface area contributed by atoms with Gasteiger partial charge in [0.1, 0.15) is 5.60 Å². The Morgan fingerprint density at radius 3 is 2.52 bits per heavy atom. The molecule has 128 valence electrons. The van der Waals surface area contributed by atoms with Crippen LogP contribution in [0.1, 0.15) is 38.2 Å². The van der Waals surface area contributed by atoms with Crippen LogP contribution >= 0.6 is 11.6 Å². The number of hydrogen-bond acceptors (Lipinski definition) is 4. The number of carbonyl (C=O) groups is 1. The summed E-state index contributed by atoms with van der Waals surface area (Å²) >= 11 is 5.86.